The Morgan fingerprint density at radius 2 is 0.949 bits per heavy atom. The van der Waals surface area contributed by atoms with Crippen molar-refractivity contribution in [1.29, 1.82) is 0 Å². The third kappa shape index (κ3) is 6.52. The van der Waals surface area contributed by atoms with Crippen LogP contribution in [0.4, 0.5) is 0 Å². The Hall–Kier alpha value is -4.46. The molecule has 8 nitrogen and oxygen atoms in total. The summed E-state index contributed by atoms with van der Waals surface area (Å²) in [6, 6.07) is 22.3. The zero-order valence-corrected chi connectivity index (χ0v) is 22.7. The maximum atomic E-state index is 13.6. The largest absolute Gasteiger partial charge is 0.465 e. The van der Waals surface area contributed by atoms with E-state index >= 15 is 0 Å². The second-order valence-electron chi connectivity index (χ2n) is 9.23. The van der Waals surface area contributed by atoms with Gasteiger partial charge in [-0.25, -0.2) is 0 Å². The van der Waals surface area contributed by atoms with Crippen LogP contribution >= 0.6 is 0 Å². The number of carbonyl (C=O) groups excluding carboxylic acids is 2. The molecule has 4 aromatic rings. The van der Waals surface area contributed by atoms with Gasteiger partial charge < -0.3 is 9.47 Å². The molecule has 0 aromatic carbocycles. The molecular weight excluding hydrogens is 492 g/mol. The molecule has 4 rings (SSSR count). The maximum Gasteiger partial charge on any atom is 0.324 e. The van der Waals surface area contributed by atoms with Gasteiger partial charge in [-0.15, -0.1) is 0 Å². The molecule has 0 N–H and O–H groups in total. The number of carbonyl (C=O) groups is 2. The first kappa shape index (κ1) is 27.6. The van der Waals surface area contributed by atoms with E-state index in [0.29, 0.717) is 34.2 Å². The van der Waals surface area contributed by atoms with Crippen LogP contribution in [0.2, 0.25) is 0 Å². The number of nitrogens with zero attached hydrogens (tertiary/aromatic N) is 4. The van der Waals surface area contributed by atoms with Gasteiger partial charge >= 0.3 is 11.9 Å². The lowest BCUT2D eigenvalue weighted by Gasteiger charge is -2.29. The molecule has 4 heterocycles. The molecule has 8 heteroatoms. The molecule has 0 aliphatic carbocycles. The summed E-state index contributed by atoms with van der Waals surface area (Å²) in [5, 5.41) is 0. The molecule has 0 fully saturated rings. The van der Waals surface area contributed by atoms with Crippen molar-refractivity contribution >= 4 is 11.9 Å². The van der Waals surface area contributed by atoms with Crippen molar-refractivity contribution in [3.63, 3.8) is 0 Å². The smallest absolute Gasteiger partial charge is 0.324 e. The van der Waals surface area contributed by atoms with Gasteiger partial charge in [0.05, 0.1) is 36.0 Å². The highest BCUT2D eigenvalue weighted by Gasteiger charge is 2.50. The third-order valence-electron chi connectivity index (χ3n) is 6.21. The number of aryl methyl sites for hydroxylation is 2. The summed E-state index contributed by atoms with van der Waals surface area (Å²) in [5.74, 6) is -1.35. The summed E-state index contributed by atoms with van der Waals surface area (Å²) in [6.07, 6.45) is -0.0577. The molecule has 0 radical (unpaired) electrons. The Labute approximate surface area is 228 Å². The van der Waals surface area contributed by atoms with Crippen molar-refractivity contribution in [2.75, 3.05) is 13.2 Å². The van der Waals surface area contributed by atoms with E-state index in [1.165, 1.54) is 0 Å². The number of hydrogen-bond acceptors (Lipinski definition) is 8. The minimum atomic E-state index is -1.69. The van der Waals surface area contributed by atoms with Gasteiger partial charge in [-0.1, -0.05) is 24.3 Å². The zero-order valence-electron chi connectivity index (χ0n) is 22.7. The Morgan fingerprint density at radius 1 is 0.590 bits per heavy atom. The number of pyridine rings is 4. The lowest BCUT2D eigenvalue weighted by molar-refractivity contribution is -0.172. The molecule has 0 atom stereocenters. The van der Waals surface area contributed by atoms with Crippen molar-refractivity contribution in [3.8, 4) is 22.8 Å². The van der Waals surface area contributed by atoms with Crippen molar-refractivity contribution in [1.82, 2.24) is 19.9 Å². The average Bonchev–Trinajstić information content (AvgIpc) is 2.93. The second kappa shape index (κ2) is 12.4. The van der Waals surface area contributed by atoms with Crippen molar-refractivity contribution in [3.05, 3.63) is 95.6 Å². The van der Waals surface area contributed by atoms with E-state index in [1.54, 1.807) is 26.0 Å². The summed E-state index contributed by atoms with van der Waals surface area (Å²) >= 11 is 0. The first-order valence-electron chi connectivity index (χ1n) is 13.0. The fourth-order valence-electron chi connectivity index (χ4n) is 4.40. The van der Waals surface area contributed by atoms with Crippen LogP contribution in [0, 0.1) is 19.3 Å². The van der Waals surface area contributed by atoms with Crippen molar-refractivity contribution in [2.24, 2.45) is 5.41 Å². The van der Waals surface area contributed by atoms with Gasteiger partial charge in [0.2, 0.25) is 0 Å². The van der Waals surface area contributed by atoms with Crippen LogP contribution in [0.1, 0.15) is 36.6 Å². The molecule has 0 unspecified atom stereocenters. The molecule has 39 heavy (non-hydrogen) atoms. The highest BCUT2D eigenvalue weighted by molar-refractivity contribution is 6.00. The van der Waals surface area contributed by atoms with Gasteiger partial charge in [0, 0.05) is 35.6 Å². The standard InChI is InChI=1S/C31H32N4O4/c1-5-38-29(36)31(30(37)39-6-2,19-23-13-9-17-27(34-23)25-15-7-11-21(3)32-25)20-24-14-10-18-28(35-24)26-16-8-12-22(4)33-26/h7-18H,5-6,19-20H2,1-4H3. The second-order valence-corrected chi connectivity index (χ2v) is 9.23. The maximum absolute atomic E-state index is 13.6. The molecular formula is C31H32N4O4. The van der Waals surface area contributed by atoms with Gasteiger partial charge in [0.15, 0.2) is 5.41 Å². The number of aromatic nitrogens is 4. The summed E-state index contributed by atoms with van der Waals surface area (Å²) in [4.78, 5) is 45.8. The van der Waals surface area contributed by atoms with Crippen LogP contribution in [-0.2, 0) is 31.9 Å². The van der Waals surface area contributed by atoms with E-state index in [9.17, 15) is 9.59 Å². The number of rotatable bonds is 10. The van der Waals surface area contributed by atoms with E-state index < -0.39 is 17.4 Å². The van der Waals surface area contributed by atoms with Gasteiger partial charge in [-0.05, 0) is 76.2 Å². The molecule has 0 saturated carbocycles. The molecule has 4 aromatic heterocycles. The van der Waals surface area contributed by atoms with Crippen molar-refractivity contribution in [2.45, 2.75) is 40.5 Å². The summed E-state index contributed by atoms with van der Waals surface area (Å²) in [6.45, 7) is 7.46. The topological polar surface area (TPSA) is 104 Å². The first-order chi connectivity index (χ1) is 18.8. The fraction of sp³-hybridized carbons (Fsp3) is 0.290. The summed E-state index contributed by atoms with van der Waals surface area (Å²) in [5.41, 5.74) is 3.80. The zero-order chi connectivity index (χ0) is 27.8. The minimum Gasteiger partial charge on any atom is -0.465 e. The van der Waals surface area contributed by atoms with Gasteiger partial charge in [0.1, 0.15) is 0 Å². The van der Waals surface area contributed by atoms with E-state index in [4.69, 9.17) is 19.4 Å². The van der Waals surface area contributed by atoms with Crippen molar-refractivity contribution < 1.29 is 19.1 Å². The summed E-state index contributed by atoms with van der Waals surface area (Å²) < 4.78 is 10.9. The lowest BCUT2D eigenvalue weighted by atomic mass is 9.78. The third-order valence-corrected chi connectivity index (χ3v) is 6.21. The highest BCUT2D eigenvalue weighted by atomic mass is 16.6. The van der Waals surface area contributed by atoms with Crippen LogP contribution < -0.4 is 0 Å². The molecule has 0 bridgehead atoms. The first-order valence-corrected chi connectivity index (χ1v) is 13.0. The Balaban J connectivity index is 1.77. The van der Waals surface area contributed by atoms with Gasteiger partial charge in [-0.3, -0.25) is 29.5 Å². The fourth-order valence-corrected chi connectivity index (χ4v) is 4.40. The predicted octanol–water partition coefficient (Wildman–Crippen LogP) is 5.12. The minimum absolute atomic E-state index is 0.0288. The predicted molar refractivity (Wildman–Crippen MR) is 148 cm³/mol. The number of hydrogen-bond donors (Lipinski definition) is 0. The van der Waals surface area contributed by atoms with E-state index in [0.717, 1.165) is 11.4 Å². The lowest BCUT2D eigenvalue weighted by Crippen LogP contribution is -2.46. The van der Waals surface area contributed by atoms with Crippen LogP contribution in [-0.4, -0.2) is 45.1 Å². The molecule has 200 valence electrons. The van der Waals surface area contributed by atoms with Crippen LogP contribution in [0.3, 0.4) is 0 Å². The van der Waals surface area contributed by atoms with Crippen LogP contribution in [0.15, 0.2) is 72.8 Å². The number of esters is 2. The van der Waals surface area contributed by atoms with E-state index in [1.807, 2.05) is 74.5 Å². The van der Waals surface area contributed by atoms with Gasteiger partial charge in [0.25, 0.3) is 0 Å². The molecule has 0 amide bonds. The van der Waals surface area contributed by atoms with E-state index in [-0.39, 0.29) is 26.1 Å². The molecule has 0 aliphatic rings. The SMILES string of the molecule is CCOC(=O)C(Cc1cccc(-c2cccc(C)n2)n1)(Cc1cccc(-c2cccc(C)n2)n1)C(=O)OCC. The summed E-state index contributed by atoms with van der Waals surface area (Å²) in [7, 11) is 0. The Kier molecular flexibility index (Phi) is 8.76. The Morgan fingerprint density at radius 3 is 1.31 bits per heavy atom. The molecule has 0 saturated heterocycles. The Bertz CT molecular complexity index is 1360. The monoisotopic (exact) mass is 524 g/mol. The highest BCUT2D eigenvalue weighted by Crippen LogP contribution is 2.32. The quantitative estimate of drug-likeness (QED) is 0.208. The van der Waals surface area contributed by atoms with Crippen LogP contribution in [0.25, 0.3) is 22.8 Å². The molecule has 0 spiro atoms. The molecule has 0 aliphatic heterocycles. The van der Waals surface area contributed by atoms with Gasteiger partial charge in [-0.2, -0.15) is 0 Å². The number of ether oxygens (including phenoxy) is 2. The average molecular weight is 525 g/mol. The normalized spacial score (nSPS) is 11.2. The van der Waals surface area contributed by atoms with E-state index in [2.05, 4.69) is 9.97 Å². The van der Waals surface area contributed by atoms with Crippen LogP contribution in [0.5, 0.6) is 0 Å².